The van der Waals surface area contributed by atoms with Crippen LogP contribution in [0.25, 0.3) is 0 Å². The Bertz CT molecular complexity index is 657. The van der Waals surface area contributed by atoms with Crippen LogP contribution in [0.4, 0.5) is 0 Å². The van der Waals surface area contributed by atoms with Gasteiger partial charge in [-0.15, -0.1) is 24.0 Å². The molecule has 2 aliphatic rings. The highest BCUT2D eigenvalue weighted by Gasteiger charge is 2.22. The van der Waals surface area contributed by atoms with Crippen LogP contribution in [0.2, 0.25) is 0 Å². The van der Waals surface area contributed by atoms with E-state index in [0.717, 1.165) is 70.1 Å². The topological polar surface area (TPSA) is 58.1 Å². The van der Waals surface area contributed by atoms with Crippen molar-refractivity contribution in [3.05, 3.63) is 35.4 Å². The van der Waals surface area contributed by atoms with Gasteiger partial charge in [0.2, 0.25) is 0 Å². The number of benzene rings is 1. The lowest BCUT2D eigenvalue weighted by atomic mass is 9.91. The van der Waals surface area contributed by atoms with Gasteiger partial charge in [-0.1, -0.05) is 38.1 Å². The number of hydrogen-bond donors (Lipinski definition) is 2. The molecular formula is C24H41IN4O2. The van der Waals surface area contributed by atoms with Gasteiger partial charge in [-0.05, 0) is 42.2 Å². The minimum atomic E-state index is 0. The van der Waals surface area contributed by atoms with Crippen molar-refractivity contribution < 1.29 is 9.47 Å². The SMILES string of the molecule is CN=C(NCCCOC1CCOC1)NCc1ccccc1CN1CC(C)CC(C)C1.I. The van der Waals surface area contributed by atoms with Gasteiger partial charge in [-0.25, -0.2) is 0 Å². The van der Waals surface area contributed by atoms with Crippen molar-refractivity contribution in [1.29, 1.82) is 0 Å². The van der Waals surface area contributed by atoms with Gasteiger partial charge in [0.25, 0.3) is 0 Å². The standard InChI is InChI=1S/C24H40N4O2.HI/c1-19-13-20(2)16-28(15-19)17-22-8-5-4-7-21(22)14-27-24(25-3)26-10-6-11-30-23-9-12-29-18-23;/h4-5,7-8,19-20,23H,6,9-18H2,1-3H3,(H2,25,26,27);1H. The van der Waals surface area contributed by atoms with E-state index in [-0.39, 0.29) is 30.1 Å². The molecule has 7 heteroatoms. The summed E-state index contributed by atoms with van der Waals surface area (Å²) < 4.78 is 11.2. The van der Waals surface area contributed by atoms with Crippen LogP contribution in [0, 0.1) is 11.8 Å². The molecule has 1 aromatic rings. The fourth-order valence-corrected chi connectivity index (χ4v) is 4.62. The van der Waals surface area contributed by atoms with E-state index in [0.29, 0.717) is 0 Å². The number of ether oxygens (including phenoxy) is 2. The van der Waals surface area contributed by atoms with Gasteiger partial charge in [0.1, 0.15) is 0 Å². The largest absolute Gasteiger partial charge is 0.379 e. The minimum Gasteiger partial charge on any atom is -0.379 e. The molecule has 0 radical (unpaired) electrons. The van der Waals surface area contributed by atoms with Gasteiger partial charge in [-0.3, -0.25) is 9.89 Å². The second-order valence-corrected chi connectivity index (χ2v) is 8.97. The van der Waals surface area contributed by atoms with Crippen LogP contribution >= 0.6 is 24.0 Å². The van der Waals surface area contributed by atoms with Crippen molar-refractivity contribution in [2.45, 2.75) is 52.3 Å². The van der Waals surface area contributed by atoms with Gasteiger partial charge in [0, 0.05) is 53.0 Å². The van der Waals surface area contributed by atoms with Crippen LogP contribution in [-0.4, -0.2) is 63.5 Å². The second-order valence-electron chi connectivity index (χ2n) is 8.97. The molecule has 0 spiro atoms. The Morgan fingerprint density at radius 2 is 1.90 bits per heavy atom. The number of rotatable bonds is 9. The Morgan fingerprint density at radius 3 is 2.58 bits per heavy atom. The van der Waals surface area contributed by atoms with Crippen LogP contribution < -0.4 is 10.6 Å². The summed E-state index contributed by atoms with van der Waals surface area (Å²) in [5.74, 6) is 2.41. The second kappa shape index (κ2) is 14.3. The third-order valence-corrected chi connectivity index (χ3v) is 5.98. The van der Waals surface area contributed by atoms with E-state index in [1.54, 1.807) is 0 Å². The summed E-state index contributed by atoms with van der Waals surface area (Å²) in [5.41, 5.74) is 2.75. The number of likely N-dealkylation sites (tertiary alicyclic amines) is 1. The zero-order chi connectivity index (χ0) is 21.2. The third kappa shape index (κ3) is 9.24. The monoisotopic (exact) mass is 544 g/mol. The molecule has 2 fully saturated rings. The van der Waals surface area contributed by atoms with Gasteiger partial charge in [0.05, 0.1) is 12.7 Å². The van der Waals surface area contributed by atoms with Crippen LogP contribution in [0.1, 0.15) is 44.2 Å². The Morgan fingerprint density at radius 1 is 1.16 bits per heavy atom. The van der Waals surface area contributed by atoms with Gasteiger partial charge < -0.3 is 20.1 Å². The van der Waals surface area contributed by atoms with E-state index >= 15 is 0 Å². The predicted octanol–water partition coefficient (Wildman–Crippen LogP) is 3.64. The summed E-state index contributed by atoms with van der Waals surface area (Å²) in [4.78, 5) is 6.98. The highest BCUT2D eigenvalue weighted by molar-refractivity contribution is 14.0. The van der Waals surface area contributed by atoms with E-state index in [1.165, 1.54) is 30.6 Å². The van der Waals surface area contributed by atoms with Crippen molar-refractivity contribution in [2.75, 3.05) is 46.5 Å². The molecule has 31 heavy (non-hydrogen) atoms. The maximum absolute atomic E-state index is 5.82. The number of nitrogens with zero attached hydrogens (tertiary/aromatic N) is 2. The molecule has 3 atom stereocenters. The molecule has 0 amide bonds. The first-order valence-corrected chi connectivity index (χ1v) is 11.6. The quantitative estimate of drug-likeness (QED) is 0.215. The van der Waals surface area contributed by atoms with Gasteiger partial charge >= 0.3 is 0 Å². The lowest BCUT2D eigenvalue weighted by Crippen LogP contribution is -2.39. The Kier molecular flexibility index (Phi) is 12.1. The number of halogens is 1. The zero-order valence-electron chi connectivity index (χ0n) is 19.4. The van der Waals surface area contributed by atoms with Crippen molar-refractivity contribution >= 4 is 29.9 Å². The third-order valence-electron chi connectivity index (χ3n) is 5.98. The number of piperidine rings is 1. The normalized spacial score (nSPS) is 24.6. The highest BCUT2D eigenvalue weighted by atomic mass is 127. The fourth-order valence-electron chi connectivity index (χ4n) is 4.62. The molecular weight excluding hydrogens is 503 g/mol. The van der Waals surface area contributed by atoms with Crippen LogP contribution in [0.5, 0.6) is 0 Å². The molecule has 2 heterocycles. The van der Waals surface area contributed by atoms with Crippen molar-refractivity contribution in [3.8, 4) is 0 Å². The Hall–Kier alpha value is -0.900. The molecule has 0 saturated carbocycles. The summed E-state index contributed by atoms with van der Waals surface area (Å²) in [7, 11) is 1.82. The van der Waals surface area contributed by atoms with E-state index in [2.05, 4.69) is 58.6 Å². The maximum Gasteiger partial charge on any atom is 0.191 e. The molecule has 3 rings (SSSR count). The maximum atomic E-state index is 5.82. The molecule has 6 nitrogen and oxygen atoms in total. The van der Waals surface area contributed by atoms with E-state index in [9.17, 15) is 0 Å². The van der Waals surface area contributed by atoms with Gasteiger partial charge in [-0.2, -0.15) is 0 Å². The molecule has 0 aromatic heterocycles. The summed E-state index contributed by atoms with van der Waals surface area (Å²) >= 11 is 0. The lowest BCUT2D eigenvalue weighted by molar-refractivity contribution is 0.0420. The molecule has 0 aliphatic carbocycles. The number of guanidine groups is 1. The molecule has 1 aromatic carbocycles. The summed E-state index contributed by atoms with van der Waals surface area (Å²) in [6, 6.07) is 8.77. The first kappa shape index (κ1) is 26.4. The highest BCUT2D eigenvalue weighted by Crippen LogP contribution is 2.23. The van der Waals surface area contributed by atoms with Crippen LogP contribution in [-0.2, 0) is 22.6 Å². The first-order chi connectivity index (χ1) is 14.6. The lowest BCUT2D eigenvalue weighted by Gasteiger charge is -2.35. The van der Waals surface area contributed by atoms with E-state index in [1.807, 2.05) is 7.05 Å². The molecule has 0 bridgehead atoms. The molecule has 2 saturated heterocycles. The predicted molar refractivity (Wildman–Crippen MR) is 138 cm³/mol. The van der Waals surface area contributed by atoms with E-state index < -0.39 is 0 Å². The van der Waals surface area contributed by atoms with Crippen LogP contribution in [0.15, 0.2) is 29.3 Å². The summed E-state index contributed by atoms with van der Waals surface area (Å²) in [5, 5.41) is 6.87. The summed E-state index contributed by atoms with van der Waals surface area (Å²) in [6.45, 7) is 12.1. The summed E-state index contributed by atoms with van der Waals surface area (Å²) in [6.07, 6.45) is 3.61. The molecule has 2 N–H and O–H groups in total. The Balaban J connectivity index is 0.00000341. The van der Waals surface area contributed by atoms with Gasteiger partial charge in [0.15, 0.2) is 5.96 Å². The number of hydrogen-bond acceptors (Lipinski definition) is 4. The molecule has 176 valence electrons. The fraction of sp³-hybridized carbons (Fsp3) is 0.708. The average Bonchev–Trinajstić information content (AvgIpc) is 3.24. The zero-order valence-corrected chi connectivity index (χ0v) is 21.8. The van der Waals surface area contributed by atoms with Crippen molar-refractivity contribution in [2.24, 2.45) is 16.8 Å². The van der Waals surface area contributed by atoms with Crippen molar-refractivity contribution in [1.82, 2.24) is 15.5 Å². The molecule has 3 unspecified atom stereocenters. The average molecular weight is 545 g/mol. The van der Waals surface area contributed by atoms with E-state index in [4.69, 9.17) is 9.47 Å². The Labute approximate surface area is 205 Å². The smallest absolute Gasteiger partial charge is 0.191 e. The number of aliphatic imine (C=N–C) groups is 1. The molecule has 2 aliphatic heterocycles. The number of nitrogens with one attached hydrogen (secondary N) is 2. The van der Waals surface area contributed by atoms with Crippen LogP contribution in [0.3, 0.4) is 0 Å². The minimum absolute atomic E-state index is 0. The first-order valence-electron chi connectivity index (χ1n) is 11.6. The van der Waals surface area contributed by atoms with Crippen molar-refractivity contribution in [3.63, 3.8) is 0 Å².